The molecule has 222 valence electrons. The first kappa shape index (κ1) is 31.2. The molecule has 0 unspecified atom stereocenters. The lowest BCUT2D eigenvalue weighted by Gasteiger charge is -2.32. The van der Waals surface area contributed by atoms with Crippen molar-refractivity contribution in [3.8, 4) is 5.75 Å². The standard InChI is InChI=1S/C27H34F4N2O7/c1-27(2,3)40-21(35)12-19(20(34)14-38-24-22(30)17(28)11-18(29)23(24)31)32-25(36)15-7-6-10-33(13-15)26(37)39-16-8-4-5-9-16/h11,15-16,19H,4-10,12-14H2,1-3H3,(H,32,36)/t15-,19+/m1/s1. The molecule has 0 aromatic heterocycles. The maximum Gasteiger partial charge on any atom is 0.410 e. The Morgan fingerprint density at radius 3 is 2.23 bits per heavy atom. The summed E-state index contributed by atoms with van der Waals surface area (Å²) in [5.74, 6) is -11.8. The molecule has 9 nitrogen and oxygen atoms in total. The lowest BCUT2D eigenvalue weighted by atomic mass is 9.96. The van der Waals surface area contributed by atoms with Crippen LogP contribution >= 0.6 is 0 Å². The van der Waals surface area contributed by atoms with Gasteiger partial charge in [-0.2, -0.15) is 8.78 Å². The minimum Gasteiger partial charge on any atom is -0.479 e. The fourth-order valence-corrected chi connectivity index (χ4v) is 4.59. The molecule has 1 aliphatic heterocycles. The number of rotatable bonds is 9. The van der Waals surface area contributed by atoms with E-state index in [0.29, 0.717) is 19.4 Å². The predicted octanol–water partition coefficient (Wildman–Crippen LogP) is 4.20. The lowest BCUT2D eigenvalue weighted by Crippen LogP contribution is -2.51. The molecule has 0 bridgehead atoms. The van der Waals surface area contributed by atoms with E-state index in [0.717, 1.165) is 25.7 Å². The minimum absolute atomic E-state index is 0.0120. The molecule has 2 fully saturated rings. The van der Waals surface area contributed by atoms with Gasteiger partial charge in [-0.05, 0) is 59.3 Å². The molecule has 2 atom stereocenters. The van der Waals surface area contributed by atoms with Crippen LogP contribution in [0.4, 0.5) is 22.4 Å². The normalized spacial score (nSPS) is 18.7. The number of ether oxygens (including phenoxy) is 3. The number of hydrogen-bond acceptors (Lipinski definition) is 7. The topological polar surface area (TPSA) is 111 Å². The predicted molar refractivity (Wildman–Crippen MR) is 132 cm³/mol. The van der Waals surface area contributed by atoms with Crippen LogP contribution in [0.5, 0.6) is 5.75 Å². The number of nitrogens with one attached hydrogen (secondary N) is 1. The summed E-state index contributed by atoms with van der Waals surface area (Å²) in [6, 6.07) is -1.56. The van der Waals surface area contributed by atoms with Crippen molar-refractivity contribution in [3.05, 3.63) is 29.3 Å². The first-order chi connectivity index (χ1) is 18.7. The van der Waals surface area contributed by atoms with Gasteiger partial charge in [0.15, 0.2) is 23.2 Å². The van der Waals surface area contributed by atoms with E-state index in [-0.39, 0.29) is 18.7 Å². The molecular weight excluding hydrogens is 540 g/mol. The molecule has 13 heteroatoms. The third kappa shape index (κ3) is 8.56. The maximum absolute atomic E-state index is 14.0. The van der Waals surface area contributed by atoms with Crippen LogP contribution in [-0.2, 0) is 23.9 Å². The number of nitrogens with zero attached hydrogens (tertiary/aromatic N) is 1. The van der Waals surface area contributed by atoms with Gasteiger partial charge in [0.25, 0.3) is 0 Å². The number of ketones is 1. The summed E-state index contributed by atoms with van der Waals surface area (Å²) >= 11 is 0. The van der Waals surface area contributed by atoms with Crippen LogP contribution in [0.3, 0.4) is 0 Å². The number of carbonyl (C=O) groups excluding carboxylic acids is 4. The van der Waals surface area contributed by atoms with E-state index in [9.17, 15) is 36.7 Å². The summed E-state index contributed by atoms with van der Waals surface area (Å²) in [4.78, 5) is 52.5. The number of Topliss-reactive ketones (excluding diaryl/α,β-unsaturated/α-hetero) is 1. The number of carbonyl (C=O) groups is 4. The van der Waals surface area contributed by atoms with Crippen molar-refractivity contribution in [3.63, 3.8) is 0 Å². The molecule has 0 spiro atoms. The molecule has 1 saturated heterocycles. The minimum atomic E-state index is -1.84. The smallest absolute Gasteiger partial charge is 0.410 e. The van der Waals surface area contributed by atoms with E-state index in [4.69, 9.17) is 14.2 Å². The van der Waals surface area contributed by atoms with Crippen LogP contribution in [0.2, 0.25) is 0 Å². The Bertz CT molecular complexity index is 1090. The number of esters is 1. The highest BCUT2D eigenvalue weighted by molar-refractivity contribution is 5.93. The molecule has 0 radical (unpaired) electrons. The van der Waals surface area contributed by atoms with Crippen molar-refractivity contribution in [1.29, 1.82) is 0 Å². The van der Waals surface area contributed by atoms with Gasteiger partial charge in [0.2, 0.25) is 17.5 Å². The molecule has 1 saturated carbocycles. The van der Waals surface area contributed by atoms with Gasteiger partial charge in [0.05, 0.1) is 12.3 Å². The first-order valence-electron chi connectivity index (χ1n) is 13.2. The van der Waals surface area contributed by atoms with Gasteiger partial charge in [0, 0.05) is 19.2 Å². The van der Waals surface area contributed by atoms with E-state index in [1.54, 1.807) is 20.8 Å². The van der Waals surface area contributed by atoms with Crippen molar-refractivity contribution < 1.29 is 51.0 Å². The Labute approximate surface area is 229 Å². The summed E-state index contributed by atoms with van der Waals surface area (Å²) in [6.45, 7) is 4.08. The molecule has 1 aromatic carbocycles. The Kier molecular flexibility index (Phi) is 10.4. The number of piperidine rings is 1. The first-order valence-corrected chi connectivity index (χ1v) is 13.2. The fraction of sp³-hybridized carbons (Fsp3) is 0.630. The Morgan fingerprint density at radius 2 is 1.62 bits per heavy atom. The lowest BCUT2D eigenvalue weighted by molar-refractivity contribution is -0.156. The van der Waals surface area contributed by atoms with Crippen LogP contribution in [0.15, 0.2) is 6.07 Å². The Morgan fingerprint density at radius 1 is 1.00 bits per heavy atom. The third-order valence-electron chi connectivity index (χ3n) is 6.55. The van der Waals surface area contributed by atoms with Crippen LogP contribution in [-0.4, -0.2) is 66.1 Å². The second kappa shape index (κ2) is 13.3. The van der Waals surface area contributed by atoms with Crippen molar-refractivity contribution in [2.45, 2.75) is 83.5 Å². The number of hydrogen-bond donors (Lipinski definition) is 1. The summed E-state index contributed by atoms with van der Waals surface area (Å²) < 4.78 is 70.4. The summed E-state index contributed by atoms with van der Waals surface area (Å²) in [5, 5.41) is 2.44. The second-order valence-electron chi connectivity index (χ2n) is 11.0. The van der Waals surface area contributed by atoms with Gasteiger partial charge in [-0.1, -0.05) is 0 Å². The average molecular weight is 575 g/mol. The molecule has 1 aliphatic carbocycles. The fourth-order valence-electron chi connectivity index (χ4n) is 4.59. The van der Waals surface area contributed by atoms with E-state index in [2.05, 4.69) is 5.32 Å². The quantitative estimate of drug-likeness (QED) is 0.267. The summed E-state index contributed by atoms with van der Waals surface area (Å²) in [7, 11) is 0. The molecular formula is C27H34F4N2O7. The van der Waals surface area contributed by atoms with E-state index >= 15 is 0 Å². The number of benzene rings is 1. The molecule has 40 heavy (non-hydrogen) atoms. The van der Waals surface area contributed by atoms with Gasteiger partial charge in [0.1, 0.15) is 24.4 Å². The van der Waals surface area contributed by atoms with Crippen LogP contribution in [0, 0.1) is 29.2 Å². The SMILES string of the molecule is CC(C)(C)OC(=O)C[C@H](NC(=O)[C@@H]1CCCN(C(=O)OC2CCCC2)C1)C(=O)COc1c(F)c(F)cc(F)c1F. The van der Waals surface area contributed by atoms with Crippen LogP contribution < -0.4 is 10.1 Å². The average Bonchev–Trinajstić information content (AvgIpc) is 3.39. The van der Waals surface area contributed by atoms with E-state index in [1.807, 2.05) is 0 Å². The number of halogens is 4. The number of likely N-dealkylation sites (tertiary alicyclic amines) is 1. The van der Waals surface area contributed by atoms with Gasteiger partial charge in [-0.25, -0.2) is 13.6 Å². The summed E-state index contributed by atoms with van der Waals surface area (Å²) in [5.41, 5.74) is -0.917. The van der Waals surface area contributed by atoms with Gasteiger partial charge in [-0.15, -0.1) is 0 Å². The van der Waals surface area contributed by atoms with Gasteiger partial charge in [-0.3, -0.25) is 14.4 Å². The zero-order valence-electron chi connectivity index (χ0n) is 22.7. The molecule has 2 aliphatic rings. The van der Waals surface area contributed by atoms with Gasteiger partial charge < -0.3 is 24.4 Å². The zero-order valence-corrected chi connectivity index (χ0v) is 22.7. The molecule has 1 aromatic rings. The van der Waals surface area contributed by atoms with Crippen molar-refractivity contribution >= 4 is 23.8 Å². The molecule has 1 heterocycles. The van der Waals surface area contributed by atoms with Crippen molar-refractivity contribution in [2.24, 2.45) is 5.92 Å². The van der Waals surface area contributed by atoms with Crippen LogP contribution in [0.1, 0.15) is 65.7 Å². The summed E-state index contributed by atoms with van der Waals surface area (Å²) in [6.07, 6.45) is 3.10. The monoisotopic (exact) mass is 574 g/mol. The largest absolute Gasteiger partial charge is 0.479 e. The highest BCUT2D eigenvalue weighted by Crippen LogP contribution is 2.27. The van der Waals surface area contributed by atoms with E-state index < -0.39 is 83.4 Å². The van der Waals surface area contributed by atoms with Crippen LogP contribution in [0.25, 0.3) is 0 Å². The maximum atomic E-state index is 14.0. The number of amides is 2. The third-order valence-corrected chi connectivity index (χ3v) is 6.55. The zero-order chi connectivity index (χ0) is 29.6. The van der Waals surface area contributed by atoms with Gasteiger partial charge >= 0.3 is 12.1 Å². The highest BCUT2D eigenvalue weighted by atomic mass is 19.2. The van der Waals surface area contributed by atoms with Crippen molar-refractivity contribution in [2.75, 3.05) is 19.7 Å². The molecule has 1 N–H and O–H groups in total. The second-order valence-corrected chi connectivity index (χ2v) is 11.0. The van der Waals surface area contributed by atoms with Crippen molar-refractivity contribution in [1.82, 2.24) is 10.2 Å². The van der Waals surface area contributed by atoms with E-state index in [1.165, 1.54) is 4.90 Å². The Balaban J connectivity index is 1.68. The Hall–Kier alpha value is -3.38. The molecule has 2 amide bonds. The molecule has 3 rings (SSSR count). The highest BCUT2D eigenvalue weighted by Gasteiger charge is 2.34.